The molecule has 3 amide bonds. The maximum atomic E-state index is 14.1. The molecule has 5 fully saturated rings. The van der Waals surface area contributed by atoms with Crippen LogP contribution in [0.4, 0.5) is 4.79 Å². The largest absolute Gasteiger partial charge is 0.330 e. The predicted octanol–water partition coefficient (Wildman–Crippen LogP) is 4.32. The first-order valence-electron chi connectivity index (χ1n) is 13.2. The van der Waals surface area contributed by atoms with Crippen molar-refractivity contribution >= 4 is 11.9 Å². The summed E-state index contributed by atoms with van der Waals surface area (Å²) in [7, 11) is 0. The molecule has 0 aromatic rings. The molecule has 5 aliphatic rings. The Morgan fingerprint density at radius 3 is 1.26 bits per heavy atom. The lowest BCUT2D eigenvalue weighted by Gasteiger charge is -2.49. The molecule has 0 atom stereocenters. The van der Waals surface area contributed by atoms with Gasteiger partial charge < -0.3 is 11.5 Å². The number of hydrogen-bond donors (Lipinski definition) is 2. The highest BCUT2D eigenvalue weighted by Gasteiger charge is 2.60. The second kappa shape index (κ2) is 8.33. The van der Waals surface area contributed by atoms with E-state index in [0.29, 0.717) is 11.8 Å². The minimum Gasteiger partial charge on any atom is -0.308 e. The minimum atomic E-state index is -0.831. The van der Waals surface area contributed by atoms with Gasteiger partial charge in [-0.3, -0.25) is 9.69 Å². The monoisotopic (exact) mass is 430 g/mol. The van der Waals surface area contributed by atoms with Crippen LogP contribution in [0.25, 0.3) is 0 Å². The molecule has 31 heavy (non-hydrogen) atoms. The van der Waals surface area contributed by atoms with E-state index >= 15 is 0 Å². The number of hydrogen-bond acceptors (Lipinski definition) is 4. The van der Waals surface area contributed by atoms with Crippen LogP contribution in [-0.4, -0.2) is 39.6 Å². The van der Waals surface area contributed by atoms with Crippen molar-refractivity contribution in [1.29, 1.82) is 0 Å². The molecule has 0 aromatic carbocycles. The molecule has 0 spiro atoms. The molecule has 4 N–H and O–H groups in total. The molecule has 1 heterocycles. The van der Waals surface area contributed by atoms with Crippen molar-refractivity contribution < 1.29 is 9.59 Å². The third-order valence-corrected chi connectivity index (χ3v) is 9.86. The Morgan fingerprint density at radius 1 is 0.581 bits per heavy atom. The molecular formula is C25H42N4O2. The van der Waals surface area contributed by atoms with E-state index in [9.17, 15) is 9.59 Å². The second-order valence-electron chi connectivity index (χ2n) is 11.3. The SMILES string of the molecule is NC(C1CCCC1)(C1CCCC1)N1CC(=O)N(C(N)(C2CCCC2)C2CCCC2)C1=O. The molecule has 0 radical (unpaired) electrons. The fourth-order valence-electron chi connectivity index (χ4n) is 8.21. The van der Waals surface area contributed by atoms with Gasteiger partial charge in [0, 0.05) is 0 Å². The van der Waals surface area contributed by atoms with E-state index in [4.69, 9.17) is 11.5 Å². The van der Waals surface area contributed by atoms with E-state index in [0.717, 1.165) is 77.0 Å². The highest BCUT2D eigenvalue weighted by molar-refractivity contribution is 6.03. The first-order chi connectivity index (χ1) is 15.0. The van der Waals surface area contributed by atoms with E-state index in [2.05, 4.69) is 0 Å². The van der Waals surface area contributed by atoms with Crippen LogP contribution >= 0.6 is 0 Å². The van der Waals surface area contributed by atoms with Crippen LogP contribution in [0.5, 0.6) is 0 Å². The summed E-state index contributed by atoms with van der Waals surface area (Å²) < 4.78 is 0. The van der Waals surface area contributed by atoms with Crippen molar-refractivity contribution in [3.63, 3.8) is 0 Å². The van der Waals surface area contributed by atoms with Gasteiger partial charge in [-0.2, -0.15) is 0 Å². The average Bonchev–Trinajstić information content (AvgIpc) is 3.59. The van der Waals surface area contributed by atoms with Gasteiger partial charge in [-0.05, 0) is 75.0 Å². The number of amides is 3. The number of nitrogens with zero attached hydrogens (tertiary/aromatic N) is 2. The molecule has 4 saturated carbocycles. The topological polar surface area (TPSA) is 92.7 Å². The first kappa shape index (κ1) is 21.7. The number of carbonyl (C=O) groups is 2. The van der Waals surface area contributed by atoms with Crippen LogP contribution in [0, 0.1) is 23.7 Å². The van der Waals surface area contributed by atoms with Gasteiger partial charge in [0.05, 0.1) is 5.66 Å². The van der Waals surface area contributed by atoms with Crippen molar-refractivity contribution in [3.05, 3.63) is 0 Å². The van der Waals surface area contributed by atoms with Gasteiger partial charge in [0.2, 0.25) is 0 Å². The fraction of sp³-hybridized carbons (Fsp3) is 0.920. The lowest BCUT2D eigenvalue weighted by atomic mass is 9.78. The fourth-order valence-corrected chi connectivity index (χ4v) is 8.21. The molecule has 5 rings (SSSR count). The standard InChI is InChI=1S/C25H42N4O2/c26-24(18-9-1-2-10-18,19-11-3-4-12-19)28-17-22(30)29(23(28)31)25(27,20-13-5-6-14-20)21-15-7-8-16-21/h18-21H,1-17,26-27H2. The van der Waals surface area contributed by atoms with E-state index < -0.39 is 11.3 Å². The normalized spacial score (nSPS) is 28.2. The van der Waals surface area contributed by atoms with Crippen molar-refractivity contribution in [2.24, 2.45) is 35.1 Å². The number of nitrogens with two attached hydrogens (primary N) is 2. The lowest BCUT2D eigenvalue weighted by molar-refractivity contribution is -0.133. The Hall–Kier alpha value is -1.14. The maximum Gasteiger partial charge on any atom is 0.330 e. The van der Waals surface area contributed by atoms with Gasteiger partial charge in [-0.15, -0.1) is 0 Å². The third kappa shape index (κ3) is 3.35. The summed E-state index contributed by atoms with van der Waals surface area (Å²) in [6.07, 6.45) is 17.8. The lowest BCUT2D eigenvalue weighted by Crippen LogP contribution is -2.69. The Labute approximate surface area is 187 Å². The Kier molecular flexibility index (Phi) is 5.83. The smallest absolute Gasteiger partial charge is 0.308 e. The molecule has 6 nitrogen and oxygen atoms in total. The van der Waals surface area contributed by atoms with Crippen molar-refractivity contribution in [2.45, 2.75) is 114 Å². The summed E-state index contributed by atoms with van der Waals surface area (Å²) in [5, 5.41) is 0. The predicted molar refractivity (Wildman–Crippen MR) is 121 cm³/mol. The van der Waals surface area contributed by atoms with Crippen LogP contribution in [0.2, 0.25) is 0 Å². The average molecular weight is 431 g/mol. The molecular weight excluding hydrogens is 388 g/mol. The maximum absolute atomic E-state index is 14.1. The van der Waals surface area contributed by atoms with E-state index in [1.54, 1.807) is 4.90 Å². The number of imide groups is 1. The van der Waals surface area contributed by atoms with Gasteiger partial charge >= 0.3 is 6.03 Å². The second-order valence-corrected chi connectivity index (χ2v) is 11.3. The molecule has 174 valence electrons. The quantitative estimate of drug-likeness (QED) is 0.614. The van der Waals surface area contributed by atoms with Crippen LogP contribution in [0.15, 0.2) is 0 Å². The van der Waals surface area contributed by atoms with Crippen LogP contribution in [0.3, 0.4) is 0 Å². The zero-order valence-corrected chi connectivity index (χ0v) is 19.2. The molecule has 1 aliphatic heterocycles. The molecule has 6 heteroatoms. The van der Waals surface area contributed by atoms with E-state index in [-0.39, 0.29) is 30.3 Å². The highest BCUT2D eigenvalue weighted by Crippen LogP contribution is 2.50. The first-order valence-corrected chi connectivity index (χ1v) is 13.2. The summed E-state index contributed by atoms with van der Waals surface area (Å²) in [6.45, 7) is 0.126. The Morgan fingerprint density at radius 2 is 0.903 bits per heavy atom. The molecule has 0 aromatic heterocycles. The number of carbonyl (C=O) groups excluding carboxylic acids is 2. The van der Waals surface area contributed by atoms with Crippen LogP contribution < -0.4 is 11.5 Å². The van der Waals surface area contributed by atoms with Crippen molar-refractivity contribution in [1.82, 2.24) is 9.80 Å². The number of urea groups is 1. The summed E-state index contributed by atoms with van der Waals surface area (Å²) in [5.74, 6) is 0.967. The molecule has 4 aliphatic carbocycles. The molecule has 1 saturated heterocycles. The zero-order valence-electron chi connectivity index (χ0n) is 19.2. The van der Waals surface area contributed by atoms with Crippen LogP contribution in [-0.2, 0) is 4.79 Å². The van der Waals surface area contributed by atoms with Crippen LogP contribution in [0.1, 0.15) is 103 Å². The summed E-state index contributed by atoms with van der Waals surface area (Å²) in [4.78, 5) is 31.0. The summed E-state index contributed by atoms with van der Waals surface area (Å²) >= 11 is 0. The minimum absolute atomic E-state index is 0.0999. The molecule has 0 bridgehead atoms. The van der Waals surface area contributed by atoms with Gasteiger partial charge in [0.15, 0.2) is 0 Å². The van der Waals surface area contributed by atoms with Gasteiger partial charge in [0.25, 0.3) is 5.91 Å². The van der Waals surface area contributed by atoms with E-state index in [1.807, 2.05) is 4.90 Å². The molecule has 0 unspecified atom stereocenters. The summed E-state index contributed by atoms with van der Waals surface area (Å²) in [5.41, 5.74) is 13.0. The van der Waals surface area contributed by atoms with E-state index in [1.165, 1.54) is 25.7 Å². The zero-order chi connectivity index (χ0) is 21.6. The Bertz CT molecular complexity index is 654. The highest BCUT2D eigenvalue weighted by atomic mass is 16.2. The van der Waals surface area contributed by atoms with Crippen molar-refractivity contribution in [2.75, 3.05) is 6.54 Å². The van der Waals surface area contributed by atoms with Gasteiger partial charge in [-0.1, -0.05) is 51.4 Å². The Balaban J connectivity index is 1.49. The van der Waals surface area contributed by atoms with Gasteiger partial charge in [-0.25, -0.2) is 9.69 Å². The van der Waals surface area contributed by atoms with Crippen molar-refractivity contribution in [3.8, 4) is 0 Å². The summed E-state index contributed by atoms with van der Waals surface area (Å²) in [6, 6.07) is -0.174. The van der Waals surface area contributed by atoms with Gasteiger partial charge in [0.1, 0.15) is 12.2 Å². The number of rotatable bonds is 6. The third-order valence-electron chi connectivity index (χ3n) is 9.86.